The van der Waals surface area contributed by atoms with E-state index < -0.39 is 88.0 Å². The number of nitrogens with zero attached hydrogens (tertiary/aromatic N) is 4. The van der Waals surface area contributed by atoms with Crippen LogP contribution in [0.25, 0.3) is 0 Å². The molecule has 232 valence electrons. The average Bonchev–Trinajstić information content (AvgIpc) is 3.32. The lowest BCUT2D eigenvalue weighted by atomic mass is 9.80. The molecular weight excluding hydrogens is 618 g/mol. The number of amides is 3. The van der Waals surface area contributed by atoms with Crippen molar-refractivity contribution in [2.45, 2.75) is 43.9 Å². The lowest BCUT2D eigenvalue weighted by Crippen LogP contribution is -2.66. The molecule has 3 amide bonds. The van der Waals surface area contributed by atoms with Crippen molar-refractivity contribution in [3.8, 4) is 5.75 Å². The Morgan fingerprint density at radius 3 is 2.51 bits per heavy atom. The SMILES string of the molecule is Nc1nc(/C(=N/OC2(C(=O)O)CCC2)C(=O)C[C@@H]2C(=O)N(S(=O)(=O)O)[C@@H]2CNC(=O)NCc2cc(=O)c(O)cn2O)cs1. The molecule has 2 aromatic rings. The summed E-state index contributed by atoms with van der Waals surface area (Å²) in [6.45, 7) is -0.995. The normalized spacial score (nSPS) is 19.6. The van der Waals surface area contributed by atoms with Gasteiger partial charge in [0, 0.05) is 37.3 Å². The number of nitrogens with two attached hydrogens (primary N) is 1. The highest BCUT2D eigenvalue weighted by atomic mass is 32.2. The number of carboxylic acids is 1. The maximum atomic E-state index is 13.3. The van der Waals surface area contributed by atoms with Crippen LogP contribution in [-0.4, -0.2) is 90.0 Å². The van der Waals surface area contributed by atoms with Gasteiger partial charge in [-0.05, 0) is 6.42 Å². The number of pyridine rings is 1. The number of nitrogen functional groups attached to an aromatic ring is 1. The predicted octanol–water partition coefficient (Wildman–Crippen LogP) is -1.35. The van der Waals surface area contributed by atoms with Gasteiger partial charge in [-0.15, -0.1) is 11.3 Å². The monoisotopic (exact) mass is 643 g/mol. The first-order valence-electron chi connectivity index (χ1n) is 12.3. The molecule has 2 aliphatic rings. The number of anilines is 1. The number of carbonyl (C=O) groups is 4. The fourth-order valence-electron chi connectivity index (χ4n) is 4.33. The van der Waals surface area contributed by atoms with E-state index in [1.54, 1.807) is 0 Å². The Morgan fingerprint density at radius 1 is 1.26 bits per heavy atom. The first kappa shape index (κ1) is 31.2. The minimum absolute atomic E-state index is 0.0444. The number of oxime groups is 1. The van der Waals surface area contributed by atoms with Crippen molar-refractivity contribution < 1.29 is 52.4 Å². The Morgan fingerprint density at radius 2 is 1.95 bits per heavy atom. The van der Waals surface area contributed by atoms with Crippen LogP contribution >= 0.6 is 11.3 Å². The summed E-state index contributed by atoms with van der Waals surface area (Å²) in [5.41, 5.74) is 2.51. The number of ketones is 1. The molecule has 21 heteroatoms. The van der Waals surface area contributed by atoms with Crippen molar-refractivity contribution in [3.05, 3.63) is 39.3 Å². The molecule has 0 spiro atoms. The largest absolute Gasteiger partial charge is 0.503 e. The van der Waals surface area contributed by atoms with Crippen molar-refractivity contribution in [2.75, 3.05) is 12.3 Å². The summed E-state index contributed by atoms with van der Waals surface area (Å²) >= 11 is 0.942. The number of nitrogens with one attached hydrogen (secondary N) is 2. The van der Waals surface area contributed by atoms with Crippen LogP contribution in [0, 0.1) is 5.92 Å². The molecule has 1 saturated carbocycles. The first-order chi connectivity index (χ1) is 20.1. The van der Waals surface area contributed by atoms with Crippen LogP contribution < -0.4 is 21.8 Å². The third-order valence-electron chi connectivity index (χ3n) is 6.84. The standard InChI is InChI=1S/C22H25N7O12S2/c23-20-26-12(9-42-20)17(27-41-22(19(34)35)2-1-3-22)15(31)5-11-13(29(18(11)33)43(38,39)40)7-25-21(36)24-6-10-4-14(30)16(32)8-28(10)37/h4,8-9,11,13,32,37H,1-3,5-7H2,(H2,23,26)(H,34,35)(H2,24,25,36)(H,38,39,40)/b27-17-/t11-,13+/m0/s1. The zero-order valence-electron chi connectivity index (χ0n) is 21.9. The summed E-state index contributed by atoms with van der Waals surface area (Å²) in [5, 5.41) is 38.2. The summed E-state index contributed by atoms with van der Waals surface area (Å²) < 4.78 is 33.7. The van der Waals surface area contributed by atoms with Crippen molar-refractivity contribution in [2.24, 2.45) is 11.1 Å². The zero-order chi connectivity index (χ0) is 31.7. The molecule has 0 unspecified atom stereocenters. The van der Waals surface area contributed by atoms with Gasteiger partial charge in [0.2, 0.25) is 16.9 Å². The van der Waals surface area contributed by atoms with Crippen molar-refractivity contribution in [1.29, 1.82) is 0 Å². The molecule has 0 radical (unpaired) electrons. The molecule has 2 aromatic heterocycles. The number of hydrogen-bond acceptors (Lipinski definition) is 14. The number of aromatic nitrogens is 2. The second-order valence-corrected chi connectivity index (χ2v) is 11.8. The Bertz CT molecular complexity index is 1660. The van der Waals surface area contributed by atoms with Gasteiger partial charge in [-0.25, -0.2) is 18.9 Å². The highest BCUT2D eigenvalue weighted by molar-refractivity contribution is 7.84. The fourth-order valence-corrected chi connectivity index (χ4v) is 5.81. The number of rotatable bonds is 12. The molecule has 1 aliphatic carbocycles. The number of carbonyl (C=O) groups excluding carboxylic acids is 3. The number of aromatic hydroxyl groups is 1. The lowest BCUT2D eigenvalue weighted by molar-refractivity contribution is -0.178. The Hall–Kier alpha value is -4.76. The molecule has 2 atom stereocenters. The second-order valence-electron chi connectivity index (χ2n) is 9.59. The van der Waals surface area contributed by atoms with Gasteiger partial charge in [0.15, 0.2) is 22.4 Å². The molecule has 43 heavy (non-hydrogen) atoms. The third-order valence-corrected chi connectivity index (χ3v) is 8.46. The van der Waals surface area contributed by atoms with Crippen LogP contribution in [0.15, 0.2) is 27.6 Å². The molecule has 19 nitrogen and oxygen atoms in total. The van der Waals surface area contributed by atoms with Gasteiger partial charge < -0.3 is 36.6 Å². The van der Waals surface area contributed by atoms with Gasteiger partial charge in [-0.1, -0.05) is 5.16 Å². The van der Waals surface area contributed by atoms with Gasteiger partial charge in [0.1, 0.15) is 5.69 Å². The number of aliphatic carboxylic acids is 1. The van der Waals surface area contributed by atoms with Gasteiger partial charge in [0.05, 0.1) is 30.4 Å². The smallest absolute Gasteiger partial charge is 0.362 e. The molecule has 0 bridgehead atoms. The molecular formula is C22H25N7O12S2. The minimum Gasteiger partial charge on any atom is -0.503 e. The van der Waals surface area contributed by atoms with Gasteiger partial charge >= 0.3 is 22.3 Å². The van der Waals surface area contributed by atoms with E-state index in [1.165, 1.54) is 5.38 Å². The number of thiazole rings is 1. The average molecular weight is 644 g/mol. The summed E-state index contributed by atoms with van der Waals surface area (Å²) in [4.78, 5) is 70.7. The van der Waals surface area contributed by atoms with E-state index in [0.717, 1.165) is 17.4 Å². The molecule has 3 heterocycles. The number of hydrogen-bond donors (Lipinski definition) is 7. The predicted molar refractivity (Wildman–Crippen MR) is 143 cm³/mol. The molecule has 1 saturated heterocycles. The summed E-state index contributed by atoms with van der Waals surface area (Å²) in [6, 6.07) is -1.53. The molecule has 0 aromatic carbocycles. The Kier molecular flexibility index (Phi) is 8.59. The van der Waals surface area contributed by atoms with Gasteiger partial charge in [0.25, 0.3) is 0 Å². The van der Waals surface area contributed by atoms with Crippen molar-refractivity contribution >= 4 is 56.2 Å². The second kappa shape index (κ2) is 11.9. The number of urea groups is 1. The highest BCUT2D eigenvalue weighted by Crippen LogP contribution is 2.37. The van der Waals surface area contributed by atoms with Crippen molar-refractivity contribution in [3.63, 3.8) is 0 Å². The molecule has 1 aliphatic heterocycles. The number of carboxylic acid groups (broad SMARTS) is 1. The molecule has 8 N–H and O–H groups in total. The topological polar surface area (TPSA) is 293 Å². The van der Waals surface area contributed by atoms with Crippen LogP contribution in [0.1, 0.15) is 37.1 Å². The Labute approximate surface area is 245 Å². The van der Waals surface area contributed by atoms with Crippen LogP contribution in [0.3, 0.4) is 0 Å². The minimum atomic E-state index is -5.10. The van der Waals surface area contributed by atoms with E-state index in [9.17, 15) is 52.4 Å². The van der Waals surface area contributed by atoms with Gasteiger partial charge in [-0.3, -0.25) is 18.9 Å². The summed E-state index contributed by atoms with van der Waals surface area (Å²) in [7, 11) is -5.10. The number of β-lactam (4-membered cyclic amide) rings is 1. The van der Waals surface area contributed by atoms with Gasteiger partial charge in [-0.2, -0.15) is 13.1 Å². The number of Topliss-reactive ketones (excluding diaryl/α,β-unsaturated/α-hetero) is 1. The maximum Gasteiger partial charge on any atom is 0.362 e. The van der Waals surface area contributed by atoms with E-state index in [2.05, 4.69) is 20.8 Å². The van der Waals surface area contributed by atoms with Crippen molar-refractivity contribution in [1.82, 2.24) is 24.7 Å². The lowest BCUT2D eigenvalue weighted by Gasteiger charge is -2.44. The van der Waals surface area contributed by atoms with E-state index in [0.29, 0.717) is 17.3 Å². The van der Waals surface area contributed by atoms with Crippen LogP contribution in [-0.2, 0) is 36.1 Å². The fraction of sp³-hybridized carbons (Fsp3) is 0.409. The van der Waals surface area contributed by atoms with E-state index in [1.807, 2.05) is 0 Å². The van der Waals surface area contributed by atoms with Crippen LogP contribution in [0.4, 0.5) is 9.93 Å². The van der Waals surface area contributed by atoms with Crippen LogP contribution in [0.2, 0.25) is 0 Å². The van der Waals surface area contributed by atoms with E-state index >= 15 is 0 Å². The van der Waals surface area contributed by atoms with E-state index in [4.69, 9.17) is 10.6 Å². The van der Waals surface area contributed by atoms with Crippen LogP contribution in [0.5, 0.6) is 5.75 Å². The Balaban J connectivity index is 1.47. The molecule has 2 fully saturated rings. The third kappa shape index (κ3) is 6.52. The molecule has 4 rings (SSSR count). The quantitative estimate of drug-likeness (QED) is 0.0462. The zero-order valence-corrected chi connectivity index (χ0v) is 23.5. The maximum absolute atomic E-state index is 13.3. The summed E-state index contributed by atoms with van der Waals surface area (Å²) in [5.74, 6) is -5.45. The highest BCUT2D eigenvalue weighted by Gasteiger charge is 2.54. The first-order valence-corrected chi connectivity index (χ1v) is 14.6. The summed E-state index contributed by atoms with van der Waals surface area (Å²) in [6.07, 6.45) is 0.835. The van der Waals surface area contributed by atoms with E-state index in [-0.39, 0.29) is 33.7 Å².